The molecule has 0 aromatic heterocycles. The van der Waals surface area contributed by atoms with Crippen molar-refractivity contribution in [2.45, 2.75) is 39.7 Å². The van der Waals surface area contributed by atoms with Gasteiger partial charge in [-0.25, -0.2) is 0 Å². The molecule has 0 radical (unpaired) electrons. The molecule has 26 heavy (non-hydrogen) atoms. The highest BCUT2D eigenvalue weighted by Crippen LogP contribution is 2.24. The fourth-order valence-electron chi connectivity index (χ4n) is 2.35. The van der Waals surface area contributed by atoms with Crippen LogP contribution in [-0.2, 0) is 4.79 Å². The van der Waals surface area contributed by atoms with Gasteiger partial charge < -0.3 is 20.1 Å². The fraction of sp³-hybridized carbons (Fsp3) is 0.381. The van der Waals surface area contributed by atoms with Crippen molar-refractivity contribution in [1.29, 1.82) is 0 Å². The maximum Gasteiger partial charge on any atom is 0.243 e. The average molecular weight is 356 g/mol. The Balaban J connectivity index is 1.89. The Morgan fingerprint density at radius 3 is 2.69 bits per heavy atom. The molecule has 2 aromatic rings. The molecule has 0 saturated heterocycles. The van der Waals surface area contributed by atoms with Crippen molar-refractivity contribution in [3.63, 3.8) is 0 Å². The van der Waals surface area contributed by atoms with Crippen LogP contribution in [0.25, 0.3) is 0 Å². The van der Waals surface area contributed by atoms with Crippen LogP contribution in [0, 0.1) is 0 Å². The van der Waals surface area contributed by atoms with Gasteiger partial charge in [0, 0.05) is 11.8 Å². The zero-order chi connectivity index (χ0) is 18.8. The third-order valence-corrected chi connectivity index (χ3v) is 3.58. The normalized spacial score (nSPS) is 10.5. The molecule has 2 aromatic carbocycles. The zero-order valence-corrected chi connectivity index (χ0v) is 15.7. The monoisotopic (exact) mass is 356 g/mol. The topological polar surface area (TPSA) is 59.6 Å². The minimum absolute atomic E-state index is 0.109. The highest BCUT2D eigenvalue weighted by molar-refractivity contribution is 5.95. The largest absolute Gasteiger partial charge is 0.491 e. The van der Waals surface area contributed by atoms with Crippen molar-refractivity contribution in [1.82, 2.24) is 0 Å². The number of carbonyl (C=O) groups is 1. The Morgan fingerprint density at radius 1 is 1.12 bits per heavy atom. The molecule has 2 N–H and O–H groups in total. The van der Waals surface area contributed by atoms with Gasteiger partial charge in [-0.15, -0.1) is 0 Å². The van der Waals surface area contributed by atoms with Gasteiger partial charge >= 0.3 is 0 Å². The number of benzene rings is 2. The summed E-state index contributed by atoms with van der Waals surface area (Å²) < 4.78 is 11.4. The quantitative estimate of drug-likeness (QED) is 0.606. The van der Waals surface area contributed by atoms with Gasteiger partial charge in [-0.1, -0.05) is 31.5 Å². The fourth-order valence-corrected chi connectivity index (χ4v) is 2.35. The lowest BCUT2D eigenvalue weighted by Gasteiger charge is -2.14. The Morgan fingerprint density at radius 2 is 1.92 bits per heavy atom. The van der Waals surface area contributed by atoms with E-state index in [-0.39, 0.29) is 18.6 Å². The van der Waals surface area contributed by atoms with Crippen LogP contribution in [0.1, 0.15) is 33.6 Å². The number of hydrogen-bond donors (Lipinski definition) is 2. The van der Waals surface area contributed by atoms with E-state index in [1.165, 1.54) is 0 Å². The van der Waals surface area contributed by atoms with Crippen LogP contribution in [0.4, 0.5) is 11.4 Å². The molecule has 5 nitrogen and oxygen atoms in total. The number of rotatable bonds is 10. The molecule has 0 aliphatic carbocycles. The van der Waals surface area contributed by atoms with Gasteiger partial charge in [-0.3, -0.25) is 4.79 Å². The number of ether oxygens (including phenoxy) is 2. The van der Waals surface area contributed by atoms with Crippen LogP contribution in [0.15, 0.2) is 48.5 Å². The minimum Gasteiger partial charge on any atom is -0.491 e. The first kappa shape index (κ1) is 19.6. The summed E-state index contributed by atoms with van der Waals surface area (Å²) in [5.74, 6) is 1.34. The van der Waals surface area contributed by atoms with Crippen LogP contribution in [0.3, 0.4) is 0 Å². The molecular formula is C21H28N2O3. The smallest absolute Gasteiger partial charge is 0.243 e. The predicted octanol–water partition coefficient (Wildman–Crippen LogP) is 4.70. The number of hydrogen-bond acceptors (Lipinski definition) is 4. The molecule has 0 aliphatic rings. The van der Waals surface area contributed by atoms with Crippen molar-refractivity contribution < 1.29 is 14.3 Å². The number of para-hydroxylation sites is 2. The summed E-state index contributed by atoms with van der Waals surface area (Å²) in [6.45, 7) is 6.88. The second kappa shape index (κ2) is 10.3. The van der Waals surface area contributed by atoms with Crippen LogP contribution >= 0.6 is 0 Å². The molecule has 5 heteroatoms. The summed E-state index contributed by atoms with van der Waals surface area (Å²) in [5, 5.41) is 6.01. The molecule has 0 bridgehead atoms. The number of unbranched alkanes of at least 4 members (excludes halogenated alkanes) is 1. The van der Waals surface area contributed by atoms with Crippen molar-refractivity contribution in [2.24, 2.45) is 0 Å². The molecule has 140 valence electrons. The van der Waals surface area contributed by atoms with E-state index in [0.717, 1.165) is 24.3 Å². The van der Waals surface area contributed by atoms with E-state index in [1.807, 2.05) is 62.4 Å². The van der Waals surface area contributed by atoms with Gasteiger partial charge in [-0.05, 0) is 44.5 Å². The predicted molar refractivity (Wildman–Crippen MR) is 106 cm³/mol. The number of anilines is 2. The SMILES string of the molecule is CCCCOc1ccccc1NC(=O)CNc1cccc(OC(C)C)c1. The second-order valence-corrected chi connectivity index (χ2v) is 6.29. The average Bonchev–Trinajstić information content (AvgIpc) is 2.61. The summed E-state index contributed by atoms with van der Waals surface area (Å²) in [6.07, 6.45) is 2.16. The van der Waals surface area contributed by atoms with E-state index in [0.29, 0.717) is 18.0 Å². The maximum atomic E-state index is 12.3. The third-order valence-electron chi connectivity index (χ3n) is 3.58. The van der Waals surface area contributed by atoms with Crippen molar-refractivity contribution in [3.05, 3.63) is 48.5 Å². The van der Waals surface area contributed by atoms with Crippen molar-refractivity contribution in [3.8, 4) is 11.5 Å². The Bertz CT molecular complexity index is 701. The minimum atomic E-state index is -0.133. The highest BCUT2D eigenvalue weighted by Gasteiger charge is 2.08. The molecule has 1 amide bonds. The Kier molecular flexibility index (Phi) is 7.80. The second-order valence-electron chi connectivity index (χ2n) is 6.29. The molecule has 0 atom stereocenters. The number of nitrogens with one attached hydrogen (secondary N) is 2. The molecule has 2 rings (SSSR count). The maximum absolute atomic E-state index is 12.3. The molecule has 0 saturated carbocycles. The molecule has 0 fully saturated rings. The summed E-state index contributed by atoms with van der Waals surface area (Å²) >= 11 is 0. The van der Waals surface area contributed by atoms with Gasteiger partial charge in [0.2, 0.25) is 5.91 Å². The molecule has 0 spiro atoms. The van der Waals surface area contributed by atoms with Gasteiger partial charge in [0.25, 0.3) is 0 Å². The van der Waals surface area contributed by atoms with Gasteiger partial charge in [-0.2, -0.15) is 0 Å². The van der Waals surface area contributed by atoms with E-state index in [9.17, 15) is 4.79 Å². The molecule has 0 aliphatic heterocycles. The van der Waals surface area contributed by atoms with Gasteiger partial charge in [0.05, 0.1) is 24.9 Å². The van der Waals surface area contributed by atoms with E-state index in [4.69, 9.17) is 9.47 Å². The van der Waals surface area contributed by atoms with E-state index < -0.39 is 0 Å². The van der Waals surface area contributed by atoms with Crippen LogP contribution in [-0.4, -0.2) is 25.2 Å². The lowest BCUT2D eigenvalue weighted by atomic mass is 10.2. The summed E-state index contributed by atoms with van der Waals surface area (Å²) in [5.41, 5.74) is 1.53. The van der Waals surface area contributed by atoms with E-state index in [2.05, 4.69) is 17.6 Å². The number of amides is 1. The first-order chi connectivity index (χ1) is 12.6. The third kappa shape index (κ3) is 6.67. The summed E-state index contributed by atoms with van der Waals surface area (Å²) in [7, 11) is 0. The first-order valence-corrected chi connectivity index (χ1v) is 9.10. The molecule has 0 unspecified atom stereocenters. The van der Waals surface area contributed by atoms with Crippen molar-refractivity contribution >= 4 is 17.3 Å². The standard InChI is InChI=1S/C21H28N2O3/c1-4-5-13-25-20-12-7-6-11-19(20)23-21(24)15-22-17-9-8-10-18(14-17)26-16(2)3/h6-12,14,16,22H,4-5,13,15H2,1-3H3,(H,23,24). The van der Waals surface area contributed by atoms with Gasteiger partial charge in [0.15, 0.2) is 0 Å². The first-order valence-electron chi connectivity index (χ1n) is 9.10. The van der Waals surface area contributed by atoms with Crippen molar-refractivity contribution in [2.75, 3.05) is 23.8 Å². The van der Waals surface area contributed by atoms with Crippen LogP contribution in [0.5, 0.6) is 11.5 Å². The lowest BCUT2D eigenvalue weighted by Crippen LogP contribution is -2.22. The summed E-state index contributed by atoms with van der Waals surface area (Å²) in [6, 6.07) is 15.1. The van der Waals surface area contributed by atoms with Crippen LogP contribution in [0.2, 0.25) is 0 Å². The van der Waals surface area contributed by atoms with Gasteiger partial charge in [0.1, 0.15) is 11.5 Å². The Labute approximate surface area is 155 Å². The van der Waals surface area contributed by atoms with Crippen LogP contribution < -0.4 is 20.1 Å². The number of carbonyl (C=O) groups excluding carboxylic acids is 1. The lowest BCUT2D eigenvalue weighted by molar-refractivity contribution is -0.114. The zero-order valence-electron chi connectivity index (χ0n) is 15.7. The van der Waals surface area contributed by atoms with E-state index >= 15 is 0 Å². The van der Waals surface area contributed by atoms with E-state index in [1.54, 1.807) is 0 Å². The molecular weight excluding hydrogens is 328 g/mol. The Hall–Kier alpha value is -2.69. The molecule has 0 heterocycles. The highest BCUT2D eigenvalue weighted by atomic mass is 16.5. The summed E-state index contributed by atoms with van der Waals surface area (Å²) in [4.78, 5) is 12.3.